The summed E-state index contributed by atoms with van der Waals surface area (Å²) in [5.41, 5.74) is 6.86. The van der Waals surface area contributed by atoms with Crippen molar-refractivity contribution in [2.45, 2.75) is 39.3 Å². The molecule has 3 N–H and O–H groups in total. The first kappa shape index (κ1) is 13.8. The van der Waals surface area contributed by atoms with E-state index in [1.165, 1.54) is 0 Å². The molecule has 0 saturated carbocycles. The Balaban J connectivity index is 2.74. The van der Waals surface area contributed by atoms with Crippen molar-refractivity contribution in [3.8, 4) is 0 Å². The minimum absolute atomic E-state index is 0.0158. The fourth-order valence-electron chi connectivity index (χ4n) is 1.44. The third-order valence-corrected chi connectivity index (χ3v) is 2.44. The van der Waals surface area contributed by atoms with Crippen LogP contribution in [0.5, 0.6) is 0 Å². The Kier molecular flexibility index (Phi) is 4.40. The topological polar surface area (TPSA) is 50.4 Å². The van der Waals surface area contributed by atoms with E-state index in [0.29, 0.717) is 5.96 Å². The molecule has 0 fully saturated rings. The molecule has 1 atom stereocenters. The van der Waals surface area contributed by atoms with Crippen molar-refractivity contribution >= 4 is 17.6 Å². The highest BCUT2D eigenvalue weighted by Crippen LogP contribution is 2.18. The van der Waals surface area contributed by atoms with Crippen LogP contribution in [0.3, 0.4) is 0 Å². The minimum Gasteiger partial charge on any atom is -0.370 e. The summed E-state index contributed by atoms with van der Waals surface area (Å²) in [6.45, 7) is 8.13. The van der Waals surface area contributed by atoms with Crippen LogP contribution in [0.2, 0.25) is 5.02 Å². The van der Waals surface area contributed by atoms with Gasteiger partial charge in [0, 0.05) is 10.6 Å². The molecular formula is C13H20ClN3. The summed E-state index contributed by atoms with van der Waals surface area (Å²) in [5.74, 6) is 0.458. The molecule has 0 spiro atoms. The normalized spacial score (nSPS) is 14.5. The monoisotopic (exact) mass is 253 g/mol. The zero-order valence-electron chi connectivity index (χ0n) is 10.8. The van der Waals surface area contributed by atoms with Crippen molar-refractivity contribution in [3.05, 3.63) is 34.9 Å². The molecule has 4 heteroatoms. The lowest BCUT2D eigenvalue weighted by molar-refractivity contribution is 0.507. The van der Waals surface area contributed by atoms with Gasteiger partial charge in [0.25, 0.3) is 0 Å². The van der Waals surface area contributed by atoms with Crippen LogP contribution in [-0.4, -0.2) is 11.5 Å². The maximum absolute atomic E-state index is 5.84. The highest BCUT2D eigenvalue weighted by molar-refractivity contribution is 6.30. The molecule has 0 heterocycles. The van der Waals surface area contributed by atoms with Crippen LogP contribution in [0.1, 0.15) is 39.3 Å². The zero-order valence-corrected chi connectivity index (χ0v) is 11.5. The largest absolute Gasteiger partial charge is 0.370 e. The number of hydrogen-bond donors (Lipinski definition) is 2. The molecule has 0 aliphatic heterocycles. The van der Waals surface area contributed by atoms with Crippen LogP contribution >= 0.6 is 11.6 Å². The van der Waals surface area contributed by atoms with Crippen LogP contribution < -0.4 is 11.1 Å². The second-order valence-corrected chi connectivity index (χ2v) is 5.55. The summed E-state index contributed by atoms with van der Waals surface area (Å²) < 4.78 is 0. The number of nitrogens with two attached hydrogens (primary N) is 1. The Morgan fingerprint density at radius 1 is 1.29 bits per heavy atom. The number of aliphatic imine (C=N–C) groups is 1. The molecule has 0 amide bonds. The number of hydrogen-bond acceptors (Lipinski definition) is 1. The van der Waals surface area contributed by atoms with Gasteiger partial charge in [-0.05, 0) is 45.4 Å². The van der Waals surface area contributed by atoms with Crippen LogP contribution in [0.4, 0.5) is 0 Å². The molecule has 0 radical (unpaired) electrons. The molecule has 1 rings (SSSR count). The van der Waals surface area contributed by atoms with E-state index >= 15 is 0 Å². The van der Waals surface area contributed by atoms with Gasteiger partial charge in [-0.3, -0.25) is 0 Å². The van der Waals surface area contributed by atoms with Crippen molar-refractivity contribution in [2.24, 2.45) is 10.7 Å². The van der Waals surface area contributed by atoms with E-state index in [0.717, 1.165) is 10.6 Å². The SMILES string of the molecule is CC(N=C(N)NC(C)(C)C)c1ccc(Cl)cc1. The summed E-state index contributed by atoms with van der Waals surface area (Å²) in [4.78, 5) is 4.40. The Bertz CT molecular complexity index is 390. The quantitative estimate of drug-likeness (QED) is 0.629. The minimum atomic E-state index is -0.0761. The zero-order chi connectivity index (χ0) is 13.1. The van der Waals surface area contributed by atoms with Gasteiger partial charge in [-0.2, -0.15) is 0 Å². The molecule has 1 aromatic rings. The average molecular weight is 254 g/mol. The molecule has 3 nitrogen and oxygen atoms in total. The van der Waals surface area contributed by atoms with E-state index in [9.17, 15) is 0 Å². The van der Waals surface area contributed by atoms with Crippen LogP contribution in [-0.2, 0) is 0 Å². The van der Waals surface area contributed by atoms with Crippen molar-refractivity contribution in [1.29, 1.82) is 0 Å². The molecular weight excluding hydrogens is 234 g/mol. The van der Waals surface area contributed by atoms with E-state index in [4.69, 9.17) is 17.3 Å². The smallest absolute Gasteiger partial charge is 0.189 e. The first-order valence-electron chi connectivity index (χ1n) is 5.65. The Morgan fingerprint density at radius 2 is 1.82 bits per heavy atom. The first-order valence-corrected chi connectivity index (χ1v) is 6.02. The maximum Gasteiger partial charge on any atom is 0.189 e. The van der Waals surface area contributed by atoms with Gasteiger partial charge >= 0.3 is 0 Å². The van der Waals surface area contributed by atoms with Crippen molar-refractivity contribution in [3.63, 3.8) is 0 Å². The first-order chi connectivity index (χ1) is 7.78. The van der Waals surface area contributed by atoms with E-state index in [2.05, 4.69) is 10.3 Å². The van der Waals surface area contributed by atoms with Crippen LogP contribution in [0, 0.1) is 0 Å². The Morgan fingerprint density at radius 3 is 2.29 bits per heavy atom. The molecule has 0 saturated heterocycles. The maximum atomic E-state index is 5.84. The molecule has 0 aliphatic carbocycles. The van der Waals surface area contributed by atoms with Crippen molar-refractivity contribution in [2.75, 3.05) is 0 Å². The van der Waals surface area contributed by atoms with Gasteiger partial charge in [-0.25, -0.2) is 4.99 Å². The van der Waals surface area contributed by atoms with Gasteiger partial charge in [0.05, 0.1) is 6.04 Å². The van der Waals surface area contributed by atoms with Gasteiger partial charge in [-0.15, -0.1) is 0 Å². The molecule has 94 valence electrons. The number of benzene rings is 1. The third kappa shape index (κ3) is 5.09. The predicted octanol–water partition coefficient (Wildman–Crippen LogP) is 3.10. The lowest BCUT2D eigenvalue weighted by atomic mass is 10.1. The summed E-state index contributed by atoms with van der Waals surface area (Å²) in [7, 11) is 0. The summed E-state index contributed by atoms with van der Waals surface area (Å²) in [6, 6.07) is 7.65. The van der Waals surface area contributed by atoms with E-state index in [1.807, 2.05) is 52.0 Å². The van der Waals surface area contributed by atoms with Gasteiger partial charge < -0.3 is 11.1 Å². The lowest BCUT2D eigenvalue weighted by Gasteiger charge is -2.22. The van der Waals surface area contributed by atoms with E-state index in [1.54, 1.807) is 0 Å². The fraction of sp³-hybridized carbons (Fsp3) is 0.462. The van der Waals surface area contributed by atoms with E-state index in [-0.39, 0.29) is 11.6 Å². The van der Waals surface area contributed by atoms with E-state index < -0.39 is 0 Å². The summed E-state index contributed by atoms with van der Waals surface area (Å²) in [6.07, 6.45) is 0. The number of rotatable bonds is 2. The van der Waals surface area contributed by atoms with Crippen molar-refractivity contribution in [1.82, 2.24) is 5.32 Å². The standard InChI is InChI=1S/C13H20ClN3/c1-9(10-5-7-11(14)8-6-10)16-12(15)17-13(2,3)4/h5-9H,1-4H3,(H3,15,16,17). The number of nitrogens with one attached hydrogen (secondary N) is 1. The number of guanidine groups is 1. The molecule has 17 heavy (non-hydrogen) atoms. The van der Waals surface area contributed by atoms with Gasteiger partial charge in [0.1, 0.15) is 0 Å². The molecule has 1 aromatic carbocycles. The summed E-state index contributed by atoms with van der Waals surface area (Å²) >= 11 is 5.84. The lowest BCUT2D eigenvalue weighted by Crippen LogP contribution is -2.45. The van der Waals surface area contributed by atoms with Crippen LogP contribution in [0.25, 0.3) is 0 Å². The molecule has 0 bridgehead atoms. The second-order valence-electron chi connectivity index (χ2n) is 5.12. The summed E-state index contributed by atoms with van der Waals surface area (Å²) in [5, 5.41) is 3.86. The van der Waals surface area contributed by atoms with Gasteiger partial charge in [-0.1, -0.05) is 23.7 Å². The molecule has 1 unspecified atom stereocenters. The predicted molar refractivity (Wildman–Crippen MR) is 74.4 cm³/mol. The highest BCUT2D eigenvalue weighted by atomic mass is 35.5. The average Bonchev–Trinajstić information content (AvgIpc) is 2.15. The number of halogens is 1. The van der Waals surface area contributed by atoms with Crippen molar-refractivity contribution < 1.29 is 0 Å². The Labute approximate surface area is 108 Å². The third-order valence-electron chi connectivity index (χ3n) is 2.19. The van der Waals surface area contributed by atoms with Gasteiger partial charge in [0.2, 0.25) is 0 Å². The fourth-order valence-corrected chi connectivity index (χ4v) is 1.57. The molecule has 0 aliphatic rings. The number of nitrogens with zero attached hydrogens (tertiary/aromatic N) is 1. The van der Waals surface area contributed by atoms with Crippen LogP contribution in [0.15, 0.2) is 29.3 Å². The second kappa shape index (κ2) is 5.41. The Hall–Kier alpha value is -1.22. The molecule has 0 aromatic heterocycles. The highest BCUT2D eigenvalue weighted by Gasteiger charge is 2.11. The van der Waals surface area contributed by atoms with Gasteiger partial charge in [0.15, 0.2) is 5.96 Å².